The van der Waals surface area contributed by atoms with Gasteiger partial charge in [0.1, 0.15) is 18.2 Å². The van der Waals surface area contributed by atoms with Crippen LogP contribution in [0, 0.1) is 11.3 Å². The Morgan fingerprint density at radius 3 is 2.53 bits per heavy atom. The Morgan fingerprint density at radius 1 is 1.12 bits per heavy atom. The Kier molecular flexibility index (Phi) is 8.18. The summed E-state index contributed by atoms with van der Waals surface area (Å²) in [4.78, 5) is 12.7. The highest BCUT2D eigenvalue weighted by molar-refractivity contribution is 9.10. The summed E-state index contributed by atoms with van der Waals surface area (Å²) in [6, 6.07) is 19.5. The number of anilines is 1. The van der Waals surface area contributed by atoms with Crippen LogP contribution in [0.3, 0.4) is 0 Å². The highest BCUT2D eigenvalue weighted by Gasteiger charge is 2.15. The number of benzene rings is 3. The Labute approximate surface area is 204 Å². The number of nitriles is 1. The lowest BCUT2D eigenvalue weighted by atomic mass is 10.1. The van der Waals surface area contributed by atoms with Crippen molar-refractivity contribution >= 4 is 56.8 Å². The van der Waals surface area contributed by atoms with E-state index in [1.165, 1.54) is 19.3 Å². The Balaban J connectivity index is 1.87. The molecule has 0 radical (unpaired) electrons. The number of methoxy groups -OCH3 is 1. The molecule has 0 aliphatic carbocycles. The Morgan fingerprint density at radius 2 is 1.88 bits per heavy atom. The van der Waals surface area contributed by atoms with Crippen LogP contribution in [0.5, 0.6) is 11.5 Å². The molecule has 0 saturated carbocycles. The molecule has 8 heteroatoms. The quantitative estimate of drug-likeness (QED) is 0.266. The molecule has 0 atom stereocenters. The minimum Gasteiger partial charge on any atom is -0.493 e. The highest BCUT2D eigenvalue weighted by Crippen LogP contribution is 2.33. The molecule has 0 saturated heterocycles. The minimum atomic E-state index is -0.590. The number of carbonyl (C=O) groups is 1. The van der Waals surface area contributed by atoms with Crippen molar-refractivity contribution < 1.29 is 14.3 Å². The molecule has 0 aromatic heterocycles. The molecule has 162 valence electrons. The molecule has 1 amide bonds. The lowest BCUT2D eigenvalue weighted by molar-refractivity contribution is -0.112. The smallest absolute Gasteiger partial charge is 0.266 e. The molecule has 1 N–H and O–H groups in total. The van der Waals surface area contributed by atoms with Gasteiger partial charge in [-0.3, -0.25) is 4.79 Å². The summed E-state index contributed by atoms with van der Waals surface area (Å²) in [6.45, 7) is 0.284. The third-order valence-corrected chi connectivity index (χ3v) is 5.64. The summed E-state index contributed by atoms with van der Waals surface area (Å²) in [5.74, 6) is 0.318. The number of para-hydroxylation sites is 1. The van der Waals surface area contributed by atoms with Gasteiger partial charge < -0.3 is 14.8 Å². The average Bonchev–Trinajstić information content (AvgIpc) is 2.79. The van der Waals surface area contributed by atoms with E-state index in [-0.39, 0.29) is 12.2 Å². The number of amides is 1. The van der Waals surface area contributed by atoms with Gasteiger partial charge in [0, 0.05) is 15.7 Å². The molecule has 0 bridgehead atoms. The predicted molar refractivity (Wildman–Crippen MR) is 130 cm³/mol. The normalized spacial score (nSPS) is 10.9. The first-order valence-electron chi connectivity index (χ1n) is 9.33. The summed E-state index contributed by atoms with van der Waals surface area (Å²) in [7, 11) is 1.53. The Hall–Kier alpha value is -2.98. The number of hydrogen-bond donors (Lipinski definition) is 1. The van der Waals surface area contributed by atoms with Crippen molar-refractivity contribution in [3.8, 4) is 17.6 Å². The first-order chi connectivity index (χ1) is 15.4. The van der Waals surface area contributed by atoms with Crippen molar-refractivity contribution in [2.24, 2.45) is 0 Å². The second kappa shape index (κ2) is 11.1. The molecule has 0 spiro atoms. The summed E-state index contributed by atoms with van der Waals surface area (Å²) in [5, 5.41) is 12.9. The van der Waals surface area contributed by atoms with Gasteiger partial charge in [0.25, 0.3) is 5.91 Å². The molecule has 32 heavy (non-hydrogen) atoms. The van der Waals surface area contributed by atoms with Crippen molar-refractivity contribution in [3.05, 3.63) is 91.9 Å². The van der Waals surface area contributed by atoms with Crippen LogP contribution >= 0.6 is 39.1 Å². The topological polar surface area (TPSA) is 71.3 Å². The number of carbonyl (C=O) groups excluding carboxylic acids is 1. The molecule has 0 aliphatic heterocycles. The monoisotopic (exact) mass is 530 g/mol. The van der Waals surface area contributed by atoms with E-state index >= 15 is 0 Å². The lowest BCUT2D eigenvalue weighted by Crippen LogP contribution is -2.13. The number of rotatable bonds is 7. The van der Waals surface area contributed by atoms with Crippen molar-refractivity contribution in [3.63, 3.8) is 0 Å². The molecular formula is C24H17BrCl2N2O3. The SMILES string of the molecule is COc1cccc(/C=C(\C#N)C(=O)Nc2ccc(Cl)c(Cl)c2)c1OCc1ccc(Br)cc1. The van der Waals surface area contributed by atoms with Gasteiger partial charge in [-0.05, 0) is 48.0 Å². The first-order valence-corrected chi connectivity index (χ1v) is 10.9. The fourth-order valence-corrected chi connectivity index (χ4v) is 3.34. The van der Waals surface area contributed by atoms with Crippen LogP contribution in [-0.2, 0) is 11.4 Å². The molecule has 5 nitrogen and oxygen atoms in total. The van der Waals surface area contributed by atoms with Gasteiger partial charge in [-0.25, -0.2) is 0 Å². The zero-order chi connectivity index (χ0) is 23.1. The third kappa shape index (κ3) is 6.04. The molecule has 0 heterocycles. The highest BCUT2D eigenvalue weighted by atomic mass is 79.9. The van der Waals surface area contributed by atoms with Gasteiger partial charge in [-0.2, -0.15) is 5.26 Å². The largest absolute Gasteiger partial charge is 0.493 e. The average molecular weight is 532 g/mol. The van der Waals surface area contributed by atoms with Crippen LogP contribution < -0.4 is 14.8 Å². The molecule has 0 unspecified atom stereocenters. The lowest BCUT2D eigenvalue weighted by Gasteiger charge is -2.14. The number of nitrogens with zero attached hydrogens (tertiary/aromatic N) is 1. The van der Waals surface area contributed by atoms with E-state index < -0.39 is 5.91 Å². The van der Waals surface area contributed by atoms with Crippen LogP contribution in [0.4, 0.5) is 5.69 Å². The molecule has 0 fully saturated rings. The maximum absolute atomic E-state index is 12.7. The van der Waals surface area contributed by atoms with Gasteiger partial charge in [-0.1, -0.05) is 63.4 Å². The maximum atomic E-state index is 12.7. The second-order valence-electron chi connectivity index (χ2n) is 6.55. The number of halogens is 3. The molecule has 0 aliphatic rings. The van der Waals surface area contributed by atoms with E-state index in [1.54, 1.807) is 30.3 Å². The molecule has 3 rings (SSSR count). The second-order valence-corrected chi connectivity index (χ2v) is 8.28. The van der Waals surface area contributed by atoms with Crippen molar-refractivity contribution in [1.82, 2.24) is 0 Å². The van der Waals surface area contributed by atoms with Crippen molar-refractivity contribution in [2.45, 2.75) is 6.61 Å². The van der Waals surface area contributed by atoms with Gasteiger partial charge in [0.05, 0.1) is 17.2 Å². The van der Waals surface area contributed by atoms with E-state index in [9.17, 15) is 10.1 Å². The number of ether oxygens (including phenoxy) is 2. The maximum Gasteiger partial charge on any atom is 0.266 e. The fraction of sp³-hybridized carbons (Fsp3) is 0.0833. The van der Waals surface area contributed by atoms with Crippen LogP contribution in [0.25, 0.3) is 6.08 Å². The minimum absolute atomic E-state index is 0.113. The van der Waals surface area contributed by atoms with Crippen LogP contribution in [0.2, 0.25) is 10.0 Å². The Bertz CT molecular complexity index is 1200. The van der Waals surface area contributed by atoms with E-state index in [0.29, 0.717) is 32.8 Å². The van der Waals surface area contributed by atoms with Gasteiger partial charge in [0.15, 0.2) is 11.5 Å². The van der Waals surface area contributed by atoms with Crippen molar-refractivity contribution in [2.75, 3.05) is 12.4 Å². The van der Waals surface area contributed by atoms with Gasteiger partial charge >= 0.3 is 0 Å². The number of nitrogens with one attached hydrogen (secondary N) is 1. The third-order valence-electron chi connectivity index (χ3n) is 4.37. The zero-order valence-electron chi connectivity index (χ0n) is 16.9. The number of hydrogen-bond acceptors (Lipinski definition) is 4. The van der Waals surface area contributed by atoms with Gasteiger partial charge in [-0.15, -0.1) is 0 Å². The van der Waals surface area contributed by atoms with Gasteiger partial charge in [0.2, 0.25) is 0 Å². The van der Waals surface area contributed by atoms with E-state index in [1.807, 2.05) is 30.3 Å². The zero-order valence-corrected chi connectivity index (χ0v) is 20.0. The molecular weight excluding hydrogens is 515 g/mol. The summed E-state index contributed by atoms with van der Waals surface area (Å²) in [6.07, 6.45) is 1.45. The molecule has 3 aromatic rings. The van der Waals surface area contributed by atoms with E-state index in [4.69, 9.17) is 32.7 Å². The van der Waals surface area contributed by atoms with E-state index in [0.717, 1.165) is 10.0 Å². The van der Waals surface area contributed by atoms with Crippen LogP contribution in [0.1, 0.15) is 11.1 Å². The van der Waals surface area contributed by atoms with E-state index in [2.05, 4.69) is 21.2 Å². The summed E-state index contributed by atoms with van der Waals surface area (Å²) >= 11 is 15.3. The van der Waals surface area contributed by atoms with Crippen molar-refractivity contribution in [1.29, 1.82) is 5.26 Å². The fourth-order valence-electron chi connectivity index (χ4n) is 2.77. The molecule has 3 aromatic carbocycles. The summed E-state index contributed by atoms with van der Waals surface area (Å²) in [5.41, 5.74) is 1.79. The predicted octanol–water partition coefficient (Wildman–Crippen LogP) is 6.89. The first kappa shape index (κ1) is 23.7. The summed E-state index contributed by atoms with van der Waals surface area (Å²) < 4.78 is 12.4. The van der Waals surface area contributed by atoms with Crippen LogP contribution in [0.15, 0.2) is 70.7 Å². The van der Waals surface area contributed by atoms with Crippen LogP contribution in [-0.4, -0.2) is 13.0 Å². The standard InChI is InChI=1S/C24H17BrCl2N2O3/c1-31-22-4-2-3-16(23(22)32-14-15-5-7-18(25)8-6-15)11-17(13-28)24(30)29-19-9-10-20(26)21(27)12-19/h2-12H,14H2,1H3,(H,29,30)/b17-11+.